The van der Waals surface area contributed by atoms with Crippen LogP contribution in [0.15, 0.2) is 18.2 Å². The van der Waals surface area contributed by atoms with Crippen LogP contribution in [-0.4, -0.2) is 26.8 Å². The molecule has 2 rings (SSSR count). The summed E-state index contributed by atoms with van der Waals surface area (Å²) < 4.78 is 40.4. The molecular formula is C12H13ClF3N5. The molecule has 0 saturated carbocycles. The highest BCUT2D eigenvalue weighted by molar-refractivity contribution is 6.30. The molecule has 0 radical (unpaired) electrons. The molecule has 0 aliphatic carbocycles. The predicted octanol–water partition coefficient (Wildman–Crippen LogP) is 2.83. The zero-order valence-electron chi connectivity index (χ0n) is 11.2. The van der Waals surface area contributed by atoms with Crippen molar-refractivity contribution >= 4 is 11.6 Å². The lowest BCUT2D eigenvalue weighted by molar-refractivity contribution is -0.137. The van der Waals surface area contributed by atoms with E-state index in [-0.39, 0.29) is 17.3 Å². The van der Waals surface area contributed by atoms with E-state index in [1.54, 1.807) is 0 Å². The fourth-order valence-electron chi connectivity index (χ4n) is 1.80. The van der Waals surface area contributed by atoms with Gasteiger partial charge in [0.05, 0.1) is 17.8 Å². The van der Waals surface area contributed by atoms with Gasteiger partial charge in [-0.15, -0.1) is 5.10 Å². The number of nitrogens with zero attached hydrogens (tertiary/aromatic N) is 4. The van der Waals surface area contributed by atoms with E-state index in [9.17, 15) is 13.2 Å². The second-order valence-corrected chi connectivity index (χ2v) is 4.78. The Hall–Kier alpha value is -1.67. The molecule has 9 heteroatoms. The van der Waals surface area contributed by atoms with Gasteiger partial charge in [0, 0.05) is 5.02 Å². The Bertz CT molecular complexity index is 611. The van der Waals surface area contributed by atoms with Gasteiger partial charge in [-0.2, -0.15) is 17.9 Å². The zero-order chi connectivity index (χ0) is 15.5. The van der Waals surface area contributed by atoms with E-state index >= 15 is 0 Å². The minimum absolute atomic E-state index is 0.00445. The SMILES string of the molecule is CCCNCc1nnnn1-c1ccc(Cl)cc1C(F)(F)F. The molecule has 5 nitrogen and oxygen atoms in total. The summed E-state index contributed by atoms with van der Waals surface area (Å²) in [4.78, 5) is 0. The Labute approximate surface area is 124 Å². The van der Waals surface area contributed by atoms with Gasteiger partial charge in [0.15, 0.2) is 5.82 Å². The van der Waals surface area contributed by atoms with Crippen LogP contribution in [0.1, 0.15) is 24.7 Å². The van der Waals surface area contributed by atoms with E-state index in [1.165, 1.54) is 12.1 Å². The van der Waals surface area contributed by atoms with Crippen LogP contribution in [0.5, 0.6) is 0 Å². The molecular weight excluding hydrogens is 307 g/mol. The molecule has 1 aromatic carbocycles. The number of tetrazole rings is 1. The van der Waals surface area contributed by atoms with Crippen molar-refractivity contribution in [3.63, 3.8) is 0 Å². The van der Waals surface area contributed by atoms with Gasteiger partial charge in [-0.3, -0.25) is 0 Å². The summed E-state index contributed by atoms with van der Waals surface area (Å²) in [5, 5.41) is 13.9. The monoisotopic (exact) mass is 319 g/mol. The Morgan fingerprint density at radius 1 is 1.33 bits per heavy atom. The van der Waals surface area contributed by atoms with Crippen molar-refractivity contribution in [3.05, 3.63) is 34.6 Å². The number of hydrogen-bond acceptors (Lipinski definition) is 4. The lowest BCUT2D eigenvalue weighted by atomic mass is 10.1. The minimum atomic E-state index is -4.54. The Balaban J connectivity index is 2.41. The standard InChI is InChI=1S/C12H13ClF3N5/c1-2-5-17-7-11-18-19-20-21(11)10-4-3-8(13)6-9(10)12(14,15)16/h3-4,6,17H,2,5,7H2,1H3. The lowest BCUT2D eigenvalue weighted by Crippen LogP contribution is -2.19. The first-order valence-corrected chi connectivity index (χ1v) is 6.66. The number of hydrogen-bond donors (Lipinski definition) is 1. The smallest absolute Gasteiger partial charge is 0.310 e. The third-order valence-corrected chi connectivity index (χ3v) is 2.97. The highest BCUT2D eigenvalue weighted by Gasteiger charge is 2.35. The molecule has 1 N–H and O–H groups in total. The highest BCUT2D eigenvalue weighted by Crippen LogP contribution is 2.35. The highest BCUT2D eigenvalue weighted by atomic mass is 35.5. The van der Waals surface area contributed by atoms with Crippen molar-refractivity contribution in [2.24, 2.45) is 0 Å². The Kier molecular flexibility index (Phi) is 4.79. The number of rotatable bonds is 5. The summed E-state index contributed by atoms with van der Waals surface area (Å²) >= 11 is 5.65. The van der Waals surface area contributed by atoms with E-state index in [2.05, 4.69) is 20.8 Å². The quantitative estimate of drug-likeness (QED) is 0.861. The van der Waals surface area contributed by atoms with Crippen molar-refractivity contribution in [1.82, 2.24) is 25.5 Å². The topological polar surface area (TPSA) is 55.6 Å². The molecule has 21 heavy (non-hydrogen) atoms. The van der Waals surface area contributed by atoms with E-state index in [1.807, 2.05) is 6.92 Å². The lowest BCUT2D eigenvalue weighted by Gasteiger charge is -2.14. The van der Waals surface area contributed by atoms with Gasteiger partial charge in [-0.1, -0.05) is 18.5 Å². The van der Waals surface area contributed by atoms with Gasteiger partial charge in [0.1, 0.15) is 0 Å². The summed E-state index contributed by atoms with van der Waals surface area (Å²) in [6.45, 7) is 2.98. The van der Waals surface area contributed by atoms with Crippen molar-refractivity contribution in [2.45, 2.75) is 26.1 Å². The van der Waals surface area contributed by atoms with Gasteiger partial charge >= 0.3 is 6.18 Å². The molecule has 0 fully saturated rings. The van der Waals surface area contributed by atoms with Crippen LogP contribution in [-0.2, 0) is 12.7 Å². The first-order valence-electron chi connectivity index (χ1n) is 6.28. The average Bonchev–Trinajstić information content (AvgIpc) is 2.86. The maximum Gasteiger partial charge on any atom is 0.418 e. The molecule has 1 heterocycles. The van der Waals surface area contributed by atoms with Gasteiger partial charge in [0.2, 0.25) is 0 Å². The minimum Gasteiger partial charge on any atom is -0.310 e. The van der Waals surface area contributed by atoms with Crippen LogP contribution < -0.4 is 5.32 Å². The molecule has 0 atom stereocenters. The summed E-state index contributed by atoms with van der Waals surface area (Å²) in [5.74, 6) is 0.302. The molecule has 114 valence electrons. The fourth-order valence-corrected chi connectivity index (χ4v) is 1.97. The number of nitrogens with one attached hydrogen (secondary N) is 1. The molecule has 0 bridgehead atoms. The predicted molar refractivity (Wildman–Crippen MR) is 71.2 cm³/mol. The number of aromatic nitrogens is 4. The third-order valence-electron chi connectivity index (χ3n) is 2.74. The third kappa shape index (κ3) is 3.70. The first kappa shape index (κ1) is 15.7. The normalized spacial score (nSPS) is 11.9. The summed E-state index contributed by atoms with van der Waals surface area (Å²) in [5.41, 5.74) is -1.02. The van der Waals surface area contributed by atoms with Gasteiger partial charge in [0.25, 0.3) is 0 Å². The molecule has 0 unspecified atom stereocenters. The fraction of sp³-hybridized carbons (Fsp3) is 0.417. The summed E-state index contributed by atoms with van der Waals surface area (Å²) in [6, 6.07) is 3.49. The summed E-state index contributed by atoms with van der Waals surface area (Å²) in [6.07, 6.45) is -3.64. The van der Waals surface area contributed by atoms with Crippen LogP contribution in [0.3, 0.4) is 0 Å². The van der Waals surface area contributed by atoms with E-state index in [4.69, 9.17) is 11.6 Å². The van der Waals surface area contributed by atoms with Crippen LogP contribution in [0.2, 0.25) is 5.02 Å². The molecule has 2 aromatic rings. The number of benzene rings is 1. The maximum absolute atomic E-state index is 13.1. The van der Waals surface area contributed by atoms with Crippen LogP contribution in [0.25, 0.3) is 5.69 Å². The molecule has 0 aliphatic rings. The largest absolute Gasteiger partial charge is 0.418 e. The van der Waals surface area contributed by atoms with Crippen LogP contribution in [0.4, 0.5) is 13.2 Å². The Morgan fingerprint density at radius 2 is 2.10 bits per heavy atom. The number of halogens is 4. The van der Waals surface area contributed by atoms with Crippen LogP contribution in [0, 0.1) is 0 Å². The average molecular weight is 320 g/mol. The Morgan fingerprint density at radius 3 is 2.76 bits per heavy atom. The second-order valence-electron chi connectivity index (χ2n) is 4.34. The van der Waals surface area contributed by atoms with Gasteiger partial charge in [-0.05, 0) is 41.6 Å². The van der Waals surface area contributed by atoms with E-state index in [0.29, 0.717) is 5.82 Å². The van der Waals surface area contributed by atoms with Crippen molar-refractivity contribution in [3.8, 4) is 5.69 Å². The number of alkyl halides is 3. The molecule has 0 spiro atoms. The van der Waals surface area contributed by atoms with Gasteiger partial charge < -0.3 is 5.32 Å². The molecule has 0 aliphatic heterocycles. The maximum atomic E-state index is 13.1. The zero-order valence-corrected chi connectivity index (χ0v) is 11.9. The molecule has 0 amide bonds. The van der Waals surface area contributed by atoms with Crippen LogP contribution >= 0.6 is 11.6 Å². The van der Waals surface area contributed by atoms with Crippen molar-refractivity contribution in [2.75, 3.05) is 6.54 Å². The second kappa shape index (κ2) is 6.40. The van der Waals surface area contributed by atoms with Crippen molar-refractivity contribution < 1.29 is 13.2 Å². The first-order chi connectivity index (χ1) is 9.93. The van der Waals surface area contributed by atoms with Gasteiger partial charge in [-0.25, -0.2) is 0 Å². The van der Waals surface area contributed by atoms with Crippen molar-refractivity contribution in [1.29, 1.82) is 0 Å². The van der Waals surface area contributed by atoms with E-state index < -0.39 is 11.7 Å². The molecule has 1 aromatic heterocycles. The summed E-state index contributed by atoms with van der Waals surface area (Å²) in [7, 11) is 0. The molecule has 0 saturated heterocycles. The van der Waals surface area contributed by atoms with E-state index in [0.717, 1.165) is 23.7 Å².